The zero-order chi connectivity index (χ0) is 16.5. The number of aryl methyl sites for hydroxylation is 1. The van der Waals surface area contributed by atoms with Gasteiger partial charge in [0.05, 0.1) is 6.54 Å². The molecule has 0 heterocycles. The Labute approximate surface area is 139 Å². The number of amidine groups is 1. The second-order valence-corrected chi connectivity index (χ2v) is 5.49. The molecule has 0 aliphatic rings. The third-order valence-electron chi connectivity index (χ3n) is 3.60. The van der Waals surface area contributed by atoms with E-state index >= 15 is 0 Å². The van der Waals surface area contributed by atoms with E-state index in [0.29, 0.717) is 13.0 Å². The van der Waals surface area contributed by atoms with E-state index in [1.54, 1.807) is 0 Å². The van der Waals surface area contributed by atoms with E-state index in [1.807, 2.05) is 24.3 Å². The molecule has 2 aromatic carbocycles. The lowest BCUT2D eigenvalue weighted by Crippen LogP contribution is -2.04. The summed E-state index contributed by atoms with van der Waals surface area (Å²) >= 11 is 0. The Bertz CT molecular complexity index is 680. The topological polar surface area (TPSA) is 24.7 Å². The molecular weight excluding hydrogens is 280 g/mol. The van der Waals surface area contributed by atoms with Gasteiger partial charge in [-0.15, -0.1) is 6.58 Å². The van der Waals surface area contributed by atoms with Gasteiger partial charge in [0.1, 0.15) is 5.84 Å². The van der Waals surface area contributed by atoms with Crippen molar-refractivity contribution in [2.45, 2.75) is 33.2 Å². The van der Waals surface area contributed by atoms with Gasteiger partial charge in [0.2, 0.25) is 0 Å². The van der Waals surface area contributed by atoms with Crippen LogP contribution in [0.5, 0.6) is 0 Å². The maximum Gasteiger partial charge on any atom is 0.127 e. The molecule has 0 atom stereocenters. The largest absolute Gasteiger partial charge is 0.265 e. The fourth-order valence-corrected chi connectivity index (χ4v) is 2.28. The fraction of sp³-hybridized carbons (Fsp3) is 0.238. The van der Waals surface area contributed by atoms with Crippen molar-refractivity contribution < 1.29 is 0 Å². The van der Waals surface area contributed by atoms with Crippen LogP contribution in [-0.4, -0.2) is 11.5 Å². The molecule has 0 N–H and O–H groups in total. The summed E-state index contributed by atoms with van der Waals surface area (Å²) in [5.74, 6) is 0.835. The molecule has 23 heavy (non-hydrogen) atoms. The smallest absolute Gasteiger partial charge is 0.127 e. The van der Waals surface area contributed by atoms with Crippen LogP contribution in [0.3, 0.4) is 0 Å². The van der Waals surface area contributed by atoms with Crippen molar-refractivity contribution in [2.75, 3.05) is 0 Å². The SMILES string of the molecule is C=CCC(=NCc1ccc(C)cc1)N=C(CC)c1ccccc1. The summed E-state index contributed by atoms with van der Waals surface area (Å²) in [6.45, 7) is 8.69. The molecule has 0 saturated heterocycles. The van der Waals surface area contributed by atoms with Gasteiger partial charge in [-0.2, -0.15) is 0 Å². The first-order chi connectivity index (χ1) is 11.2. The van der Waals surface area contributed by atoms with E-state index in [9.17, 15) is 0 Å². The maximum atomic E-state index is 4.78. The van der Waals surface area contributed by atoms with Gasteiger partial charge < -0.3 is 0 Å². The number of nitrogens with zero attached hydrogens (tertiary/aromatic N) is 2. The van der Waals surface area contributed by atoms with Crippen molar-refractivity contribution in [2.24, 2.45) is 9.98 Å². The quantitative estimate of drug-likeness (QED) is 0.389. The fourth-order valence-electron chi connectivity index (χ4n) is 2.28. The Kier molecular flexibility index (Phi) is 6.49. The van der Waals surface area contributed by atoms with Crippen LogP contribution in [-0.2, 0) is 6.54 Å². The summed E-state index contributed by atoms with van der Waals surface area (Å²) in [6, 6.07) is 18.7. The van der Waals surface area contributed by atoms with Crippen LogP contribution >= 0.6 is 0 Å². The summed E-state index contributed by atoms with van der Waals surface area (Å²) < 4.78 is 0. The lowest BCUT2D eigenvalue weighted by atomic mass is 10.1. The molecule has 118 valence electrons. The minimum absolute atomic E-state index is 0.652. The van der Waals surface area contributed by atoms with Gasteiger partial charge >= 0.3 is 0 Å². The molecule has 0 radical (unpaired) electrons. The Morgan fingerprint density at radius 1 is 1.04 bits per heavy atom. The molecule has 2 heteroatoms. The van der Waals surface area contributed by atoms with E-state index in [4.69, 9.17) is 4.99 Å². The zero-order valence-electron chi connectivity index (χ0n) is 14.0. The molecule has 2 rings (SSSR count). The normalized spacial score (nSPS) is 12.3. The Hall–Kier alpha value is -2.48. The summed E-state index contributed by atoms with van der Waals surface area (Å²) in [6.07, 6.45) is 3.42. The van der Waals surface area contributed by atoms with Crippen LogP contribution in [0.25, 0.3) is 0 Å². The monoisotopic (exact) mass is 304 g/mol. The second-order valence-electron chi connectivity index (χ2n) is 5.49. The lowest BCUT2D eigenvalue weighted by Gasteiger charge is -2.06. The van der Waals surface area contributed by atoms with Gasteiger partial charge in [-0.1, -0.05) is 73.2 Å². The van der Waals surface area contributed by atoms with Crippen LogP contribution in [0.1, 0.15) is 36.5 Å². The van der Waals surface area contributed by atoms with Gasteiger partial charge in [-0.3, -0.25) is 4.99 Å². The van der Waals surface area contributed by atoms with E-state index in [0.717, 1.165) is 23.5 Å². The molecule has 0 aromatic heterocycles. The van der Waals surface area contributed by atoms with Gasteiger partial charge in [0.25, 0.3) is 0 Å². The Balaban J connectivity index is 2.22. The highest BCUT2D eigenvalue weighted by atomic mass is 14.9. The van der Waals surface area contributed by atoms with Crippen LogP contribution < -0.4 is 0 Å². The predicted octanol–water partition coefficient (Wildman–Crippen LogP) is 5.37. The van der Waals surface area contributed by atoms with Crippen LogP contribution in [0.4, 0.5) is 0 Å². The highest BCUT2D eigenvalue weighted by Crippen LogP contribution is 2.08. The first kappa shape index (κ1) is 16.9. The number of benzene rings is 2. The van der Waals surface area contributed by atoms with E-state index in [2.05, 4.69) is 61.8 Å². The molecule has 0 aliphatic carbocycles. The molecule has 0 aliphatic heterocycles. The van der Waals surface area contributed by atoms with E-state index in [-0.39, 0.29) is 0 Å². The summed E-state index contributed by atoms with van der Waals surface area (Å²) in [7, 11) is 0. The van der Waals surface area contributed by atoms with Gasteiger partial charge in [0, 0.05) is 12.1 Å². The van der Waals surface area contributed by atoms with Crippen molar-refractivity contribution in [3.8, 4) is 0 Å². The maximum absolute atomic E-state index is 4.78. The van der Waals surface area contributed by atoms with Crippen molar-refractivity contribution in [1.82, 2.24) is 0 Å². The Morgan fingerprint density at radius 3 is 2.35 bits per heavy atom. The molecule has 0 unspecified atom stereocenters. The first-order valence-corrected chi connectivity index (χ1v) is 8.05. The summed E-state index contributed by atoms with van der Waals surface area (Å²) in [5, 5.41) is 0. The van der Waals surface area contributed by atoms with Crippen molar-refractivity contribution in [3.05, 3.63) is 83.9 Å². The second kappa shape index (κ2) is 8.84. The van der Waals surface area contributed by atoms with Crippen LogP contribution in [0, 0.1) is 6.92 Å². The van der Waals surface area contributed by atoms with Crippen molar-refractivity contribution >= 4 is 11.5 Å². The minimum atomic E-state index is 0.652. The lowest BCUT2D eigenvalue weighted by molar-refractivity contribution is 1.05. The highest BCUT2D eigenvalue weighted by Gasteiger charge is 2.03. The summed E-state index contributed by atoms with van der Waals surface area (Å²) in [4.78, 5) is 9.47. The van der Waals surface area contributed by atoms with Gasteiger partial charge in [-0.25, -0.2) is 4.99 Å². The van der Waals surface area contributed by atoms with E-state index in [1.165, 1.54) is 11.1 Å². The minimum Gasteiger partial charge on any atom is -0.265 e. The van der Waals surface area contributed by atoms with Gasteiger partial charge in [0.15, 0.2) is 0 Å². The standard InChI is InChI=1S/C21H24N2/c1-4-9-21(22-16-18-14-12-17(3)13-15-18)23-20(5-2)19-10-7-6-8-11-19/h4,6-8,10-15H,1,5,9,16H2,2-3H3. The Morgan fingerprint density at radius 2 is 1.74 bits per heavy atom. The third-order valence-corrected chi connectivity index (χ3v) is 3.60. The van der Waals surface area contributed by atoms with Crippen molar-refractivity contribution in [1.29, 1.82) is 0 Å². The average molecular weight is 304 g/mol. The number of rotatable bonds is 6. The van der Waals surface area contributed by atoms with Crippen LogP contribution in [0.15, 0.2) is 77.2 Å². The predicted molar refractivity (Wildman–Crippen MR) is 100 cm³/mol. The molecule has 0 amide bonds. The molecule has 0 saturated carbocycles. The molecule has 2 aromatic rings. The zero-order valence-corrected chi connectivity index (χ0v) is 14.0. The van der Waals surface area contributed by atoms with Gasteiger partial charge in [-0.05, 0) is 24.5 Å². The van der Waals surface area contributed by atoms with Crippen molar-refractivity contribution in [3.63, 3.8) is 0 Å². The summed E-state index contributed by atoms with van der Waals surface area (Å²) in [5.41, 5.74) is 4.68. The molecule has 2 nitrogen and oxygen atoms in total. The first-order valence-electron chi connectivity index (χ1n) is 8.05. The van der Waals surface area contributed by atoms with E-state index < -0.39 is 0 Å². The molecule has 0 spiro atoms. The molecular formula is C21H24N2. The van der Waals surface area contributed by atoms with Crippen LogP contribution in [0.2, 0.25) is 0 Å². The number of hydrogen-bond donors (Lipinski definition) is 0. The molecule has 0 fully saturated rings. The number of aliphatic imine (C=N–C) groups is 2. The highest BCUT2D eigenvalue weighted by molar-refractivity contribution is 6.07. The third kappa shape index (κ3) is 5.33. The number of hydrogen-bond acceptors (Lipinski definition) is 1. The average Bonchev–Trinajstić information content (AvgIpc) is 2.59. The molecule has 0 bridgehead atoms.